The molecule has 2 amide bonds. The summed E-state index contributed by atoms with van der Waals surface area (Å²) in [4.78, 5) is 27.8. The maximum Gasteiger partial charge on any atom is 0.258 e. The number of carbonyl (C=O) groups is 2. The Morgan fingerprint density at radius 3 is 2.61 bits per heavy atom. The molecule has 1 unspecified atom stereocenters. The van der Waals surface area contributed by atoms with Gasteiger partial charge in [-0.2, -0.15) is 0 Å². The predicted molar refractivity (Wildman–Crippen MR) is 107 cm³/mol. The second-order valence-electron chi connectivity index (χ2n) is 6.24. The van der Waals surface area contributed by atoms with Crippen LogP contribution in [0.5, 0.6) is 5.75 Å². The zero-order chi connectivity index (χ0) is 19.8. The van der Waals surface area contributed by atoms with Crippen LogP contribution in [0.2, 0.25) is 0 Å². The summed E-state index contributed by atoms with van der Waals surface area (Å²) in [5.74, 6) is 0.765. The normalized spacial score (nSPS) is 11.6. The summed E-state index contributed by atoms with van der Waals surface area (Å²) in [6.45, 7) is 2.32. The van der Waals surface area contributed by atoms with Crippen LogP contribution in [0, 0.1) is 0 Å². The van der Waals surface area contributed by atoms with Crippen LogP contribution in [-0.4, -0.2) is 29.4 Å². The molecule has 3 rings (SSSR count). The number of para-hydroxylation sites is 1. The number of furan rings is 1. The Bertz CT molecular complexity index is 827. The standard InChI is InChI=1S/C21H22N2O4S/c1-16(22-20(24)15-27-17-7-3-2-4-8-17)21(25)23(13-18-9-5-11-26-18)14-19-10-6-12-28-19/h2-12,16H,13-15H2,1H3,(H,22,24). The van der Waals surface area contributed by atoms with Crippen molar-refractivity contribution >= 4 is 23.2 Å². The molecule has 0 radical (unpaired) electrons. The highest BCUT2D eigenvalue weighted by Gasteiger charge is 2.23. The van der Waals surface area contributed by atoms with Gasteiger partial charge in [0.15, 0.2) is 6.61 Å². The number of thiophene rings is 1. The molecule has 0 bridgehead atoms. The number of carbonyl (C=O) groups excluding carboxylic acids is 2. The van der Waals surface area contributed by atoms with Gasteiger partial charge in [0.1, 0.15) is 17.6 Å². The Balaban J connectivity index is 1.57. The second kappa shape index (κ2) is 9.75. The second-order valence-corrected chi connectivity index (χ2v) is 7.28. The highest BCUT2D eigenvalue weighted by Crippen LogP contribution is 2.16. The van der Waals surface area contributed by atoms with E-state index in [1.807, 2.05) is 41.8 Å². The van der Waals surface area contributed by atoms with Crippen molar-refractivity contribution in [2.45, 2.75) is 26.1 Å². The topological polar surface area (TPSA) is 71.8 Å². The van der Waals surface area contributed by atoms with Crippen LogP contribution >= 0.6 is 11.3 Å². The highest BCUT2D eigenvalue weighted by atomic mass is 32.1. The molecular formula is C21H22N2O4S. The van der Waals surface area contributed by atoms with E-state index in [0.29, 0.717) is 24.6 Å². The van der Waals surface area contributed by atoms with Crippen molar-refractivity contribution in [2.24, 2.45) is 0 Å². The molecule has 146 valence electrons. The van der Waals surface area contributed by atoms with E-state index in [1.165, 1.54) is 0 Å². The number of hydrogen-bond donors (Lipinski definition) is 1. The maximum atomic E-state index is 12.9. The lowest BCUT2D eigenvalue weighted by atomic mass is 10.2. The molecule has 2 heterocycles. The lowest BCUT2D eigenvalue weighted by molar-refractivity contribution is -0.137. The molecule has 0 saturated carbocycles. The fourth-order valence-electron chi connectivity index (χ4n) is 2.68. The summed E-state index contributed by atoms with van der Waals surface area (Å²) in [6, 6.07) is 15.9. The molecule has 6 nitrogen and oxygen atoms in total. The van der Waals surface area contributed by atoms with Crippen LogP contribution in [-0.2, 0) is 22.7 Å². The van der Waals surface area contributed by atoms with Gasteiger partial charge in [0.25, 0.3) is 5.91 Å². The summed E-state index contributed by atoms with van der Waals surface area (Å²) in [5.41, 5.74) is 0. The summed E-state index contributed by atoms with van der Waals surface area (Å²) >= 11 is 1.58. The summed E-state index contributed by atoms with van der Waals surface area (Å²) in [6.07, 6.45) is 1.58. The van der Waals surface area contributed by atoms with Gasteiger partial charge in [-0.25, -0.2) is 0 Å². The number of rotatable bonds is 9. The lowest BCUT2D eigenvalue weighted by Gasteiger charge is -2.25. The number of amides is 2. The van der Waals surface area contributed by atoms with E-state index in [-0.39, 0.29) is 18.4 Å². The van der Waals surface area contributed by atoms with Crippen molar-refractivity contribution in [1.82, 2.24) is 10.2 Å². The van der Waals surface area contributed by atoms with E-state index in [0.717, 1.165) is 4.88 Å². The first-order valence-corrected chi connectivity index (χ1v) is 9.80. The average molecular weight is 398 g/mol. The first-order valence-electron chi connectivity index (χ1n) is 8.92. The van der Waals surface area contributed by atoms with Gasteiger partial charge in [-0.15, -0.1) is 11.3 Å². The molecule has 1 N–H and O–H groups in total. The van der Waals surface area contributed by atoms with Crippen LogP contribution in [0.4, 0.5) is 0 Å². The lowest BCUT2D eigenvalue weighted by Crippen LogP contribution is -2.47. The molecule has 2 aromatic heterocycles. The van der Waals surface area contributed by atoms with Gasteiger partial charge in [-0.3, -0.25) is 9.59 Å². The SMILES string of the molecule is CC(NC(=O)COc1ccccc1)C(=O)N(Cc1ccco1)Cc1cccs1. The molecule has 0 aliphatic heterocycles. The monoisotopic (exact) mass is 398 g/mol. The Kier molecular flexibility index (Phi) is 6.86. The van der Waals surface area contributed by atoms with Crippen LogP contribution in [0.25, 0.3) is 0 Å². The number of nitrogens with one attached hydrogen (secondary N) is 1. The van der Waals surface area contributed by atoms with Gasteiger partial charge >= 0.3 is 0 Å². The number of benzene rings is 1. The van der Waals surface area contributed by atoms with Gasteiger partial charge in [-0.1, -0.05) is 24.3 Å². The Labute approximate surface area is 167 Å². The number of ether oxygens (including phenoxy) is 1. The van der Waals surface area contributed by atoms with E-state index < -0.39 is 6.04 Å². The molecule has 0 spiro atoms. The van der Waals surface area contributed by atoms with Gasteiger partial charge in [-0.05, 0) is 42.6 Å². The van der Waals surface area contributed by atoms with E-state index in [2.05, 4.69) is 5.32 Å². The molecule has 0 fully saturated rings. The van der Waals surface area contributed by atoms with Gasteiger partial charge in [0.2, 0.25) is 5.91 Å². The number of hydrogen-bond acceptors (Lipinski definition) is 5. The van der Waals surface area contributed by atoms with Crippen LogP contribution in [0.1, 0.15) is 17.6 Å². The van der Waals surface area contributed by atoms with Crippen molar-refractivity contribution < 1.29 is 18.7 Å². The minimum Gasteiger partial charge on any atom is -0.484 e. The third kappa shape index (κ3) is 5.72. The minimum absolute atomic E-state index is 0.148. The summed E-state index contributed by atoms with van der Waals surface area (Å²) < 4.78 is 10.8. The molecule has 7 heteroatoms. The van der Waals surface area contributed by atoms with E-state index in [4.69, 9.17) is 9.15 Å². The quantitative estimate of drug-likeness (QED) is 0.599. The smallest absolute Gasteiger partial charge is 0.258 e. The van der Waals surface area contributed by atoms with E-state index >= 15 is 0 Å². The number of nitrogens with zero attached hydrogens (tertiary/aromatic N) is 1. The third-order valence-corrected chi connectivity index (χ3v) is 4.89. The van der Waals surface area contributed by atoms with Crippen molar-refractivity contribution in [2.75, 3.05) is 6.61 Å². The molecule has 3 aromatic rings. The minimum atomic E-state index is -0.679. The average Bonchev–Trinajstić information content (AvgIpc) is 3.40. The van der Waals surface area contributed by atoms with E-state index in [1.54, 1.807) is 47.6 Å². The Morgan fingerprint density at radius 1 is 1.11 bits per heavy atom. The van der Waals surface area contributed by atoms with Gasteiger partial charge in [0.05, 0.1) is 19.4 Å². The maximum absolute atomic E-state index is 12.9. The first-order chi connectivity index (χ1) is 13.6. The fraction of sp³-hybridized carbons (Fsp3) is 0.238. The van der Waals surface area contributed by atoms with Crippen LogP contribution in [0.3, 0.4) is 0 Å². The molecular weight excluding hydrogens is 376 g/mol. The van der Waals surface area contributed by atoms with Crippen molar-refractivity contribution in [3.63, 3.8) is 0 Å². The van der Waals surface area contributed by atoms with Gasteiger partial charge < -0.3 is 19.4 Å². The molecule has 0 aliphatic rings. The molecule has 28 heavy (non-hydrogen) atoms. The zero-order valence-corrected chi connectivity index (χ0v) is 16.4. The highest BCUT2D eigenvalue weighted by molar-refractivity contribution is 7.09. The fourth-order valence-corrected chi connectivity index (χ4v) is 3.40. The van der Waals surface area contributed by atoms with Crippen molar-refractivity contribution in [3.05, 3.63) is 76.9 Å². The zero-order valence-electron chi connectivity index (χ0n) is 15.5. The van der Waals surface area contributed by atoms with E-state index in [9.17, 15) is 9.59 Å². The molecule has 0 saturated heterocycles. The van der Waals surface area contributed by atoms with Gasteiger partial charge in [0, 0.05) is 4.88 Å². The van der Waals surface area contributed by atoms with Crippen LogP contribution in [0.15, 0.2) is 70.7 Å². The Morgan fingerprint density at radius 2 is 1.93 bits per heavy atom. The van der Waals surface area contributed by atoms with Crippen molar-refractivity contribution in [3.8, 4) is 5.75 Å². The Hall–Kier alpha value is -3.06. The third-order valence-electron chi connectivity index (χ3n) is 4.03. The summed E-state index contributed by atoms with van der Waals surface area (Å²) in [5, 5.41) is 4.68. The largest absolute Gasteiger partial charge is 0.484 e. The molecule has 1 atom stereocenters. The first kappa shape index (κ1) is 19.7. The molecule has 1 aromatic carbocycles. The van der Waals surface area contributed by atoms with Crippen LogP contribution < -0.4 is 10.1 Å². The van der Waals surface area contributed by atoms with Crippen molar-refractivity contribution in [1.29, 1.82) is 0 Å². The molecule has 0 aliphatic carbocycles. The summed E-state index contributed by atoms with van der Waals surface area (Å²) in [7, 11) is 0. The predicted octanol–water partition coefficient (Wildman–Crippen LogP) is 3.45.